The first-order valence-electron chi connectivity index (χ1n) is 3.63. The van der Waals surface area contributed by atoms with Crippen molar-refractivity contribution in [1.29, 1.82) is 0 Å². The van der Waals surface area contributed by atoms with Gasteiger partial charge in [-0.3, -0.25) is 4.55 Å². The van der Waals surface area contributed by atoms with Crippen LogP contribution in [0.25, 0.3) is 0 Å². The number of rotatable bonds is 2. The summed E-state index contributed by atoms with van der Waals surface area (Å²) in [7, 11) is -4.22. The third-order valence-corrected chi connectivity index (χ3v) is 2.29. The zero-order valence-corrected chi connectivity index (χ0v) is 8.11. The molecule has 1 rings (SSSR count). The normalized spacial score (nSPS) is 11.6. The van der Waals surface area contributed by atoms with Gasteiger partial charge in [-0.15, -0.1) is 0 Å². The topological polar surface area (TPSA) is 108 Å². The summed E-state index contributed by atoms with van der Waals surface area (Å²) in [5.74, 6) is -1.72. The summed E-state index contributed by atoms with van der Waals surface area (Å²) in [5, 5.41) is 18.1. The van der Waals surface area contributed by atoms with Crippen molar-refractivity contribution in [2.75, 3.05) is 0 Å². The van der Waals surface area contributed by atoms with Crippen LogP contribution < -0.4 is 0 Å². The van der Waals surface area contributed by atoms with Crippen LogP contribution in [0.3, 0.4) is 0 Å². The number of nitrogens with zero attached hydrogens (tertiary/aromatic N) is 1. The first-order valence-corrected chi connectivity index (χ1v) is 5.24. The molecule has 0 fully saturated rings. The van der Waals surface area contributed by atoms with Crippen LogP contribution in [0.15, 0.2) is 6.07 Å². The maximum atomic E-state index is 10.5. The number of aryl methyl sites for hydroxylation is 1. The molecule has 0 saturated heterocycles. The number of aromatic nitrogens is 1. The zero-order chi connectivity index (χ0) is 10.9. The minimum Gasteiger partial charge on any atom is -0.493 e. The molecule has 1 aromatic heterocycles. The van der Waals surface area contributed by atoms with E-state index in [9.17, 15) is 13.5 Å². The maximum absolute atomic E-state index is 10.5. The molecule has 0 atom stereocenters. The van der Waals surface area contributed by atoms with Crippen molar-refractivity contribution in [3.63, 3.8) is 0 Å². The fourth-order valence-corrected chi connectivity index (χ4v) is 1.75. The third kappa shape index (κ3) is 2.57. The Kier molecular flexibility index (Phi) is 2.63. The Labute approximate surface area is 80.6 Å². The quantitative estimate of drug-likeness (QED) is 0.613. The van der Waals surface area contributed by atoms with Gasteiger partial charge in [0.15, 0.2) is 0 Å². The lowest BCUT2D eigenvalue weighted by Crippen LogP contribution is -2.04. The van der Waals surface area contributed by atoms with E-state index >= 15 is 0 Å². The van der Waals surface area contributed by atoms with Crippen LogP contribution in [0.1, 0.15) is 11.1 Å². The number of aromatic hydroxyl groups is 2. The lowest BCUT2D eigenvalue weighted by molar-refractivity contribution is 0.407. The second-order valence-corrected chi connectivity index (χ2v) is 4.28. The van der Waals surface area contributed by atoms with Crippen molar-refractivity contribution in [2.45, 2.75) is 12.7 Å². The summed E-state index contributed by atoms with van der Waals surface area (Å²) < 4.78 is 29.6. The van der Waals surface area contributed by atoms with Gasteiger partial charge in [0.1, 0.15) is 5.75 Å². The van der Waals surface area contributed by atoms with Gasteiger partial charge in [0.2, 0.25) is 11.8 Å². The Morgan fingerprint density at radius 2 is 2.00 bits per heavy atom. The van der Waals surface area contributed by atoms with E-state index in [1.54, 1.807) is 0 Å². The van der Waals surface area contributed by atoms with Crippen molar-refractivity contribution < 1.29 is 23.2 Å². The lowest BCUT2D eigenvalue weighted by atomic mass is 10.2. The van der Waals surface area contributed by atoms with E-state index in [4.69, 9.17) is 9.66 Å². The van der Waals surface area contributed by atoms with E-state index in [-0.39, 0.29) is 5.56 Å². The summed E-state index contributed by atoms with van der Waals surface area (Å²) in [4.78, 5) is 3.25. The van der Waals surface area contributed by atoms with Gasteiger partial charge in [0.05, 0.1) is 0 Å². The molecule has 0 aliphatic carbocycles. The van der Waals surface area contributed by atoms with E-state index in [0.717, 1.165) is 0 Å². The molecule has 0 saturated carbocycles. The summed E-state index contributed by atoms with van der Waals surface area (Å²) in [6.07, 6.45) is 0. The molecular weight excluding hydrogens is 210 g/mol. The molecule has 0 aliphatic heterocycles. The summed E-state index contributed by atoms with van der Waals surface area (Å²) in [6, 6.07) is 1.19. The molecule has 7 heteroatoms. The van der Waals surface area contributed by atoms with E-state index < -0.39 is 27.6 Å². The maximum Gasteiger partial charge on any atom is 0.269 e. The van der Waals surface area contributed by atoms with Crippen molar-refractivity contribution in [3.8, 4) is 11.8 Å². The Hall–Kier alpha value is -1.34. The highest BCUT2D eigenvalue weighted by Crippen LogP contribution is 2.24. The van der Waals surface area contributed by atoms with E-state index in [1.807, 2.05) is 0 Å². The predicted molar refractivity (Wildman–Crippen MR) is 47.6 cm³/mol. The molecule has 0 aromatic carbocycles. The Balaban J connectivity index is 3.22. The fraction of sp³-hybridized carbons (Fsp3) is 0.286. The van der Waals surface area contributed by atoms with E-state index in [2.05, 4.69) is 4.98 Å². The molecule has 0 aliphatic rings. The van der Waals surface area contributed by atoms with Gasteiger partial charge in [-0.25, -0.2) is 0 Å². The van der Waals surface area contributed by atoms with Gasteiger partial charge in [0.25, 0.3) is 10.1 Å². The first kappa shape index (κ1) is 10.7. The van der Waals surface area contributed by atoms with Gasteiger partial charge in [-0.1, -0.05) is 0 Å². The average molecular weight is 219 g/mol. The molecule has 0 amide bonds. The minimum absolute atomic E-state index is 0.0229. The molecule has 1 aromatic rings. The smallest absolute Gasteiger partial charge is 0.269 e. The lowest BCUT2D eigenvalue weighted by Gasteiger charge is -2.05. The molecular formula is C7H9NO5S. The van der Waals surface area contributed by atoms with E-state index in [1.165, 1.54) is 13.0 Å². The molecule has 6 nitrogen and oxygen atoms in total. The molecule has 78 valence electrons. The first-order chi connectivity index (χ1) is 6.29. The highest BCUT2D eigenvalue weighted by Gasteiger charge is 2.15. The molecule has 0 bridgehead atoms. The Morgan fingerprint density at radius 1 is 1.43 bits per heavy atom. The third-order valence-electron chi connectivity index (χ3n) is 1.64. The van der Waals surface area contributed by atoms with Crippen molar-refractivity contribution in [3.05, 3.63) is 17.2 Å². The molecule has 1 heterocycles. The zero-order valence-electron chi connectivity index (χ0n) is 7.30. The summed E-state index contributed by atoms with van der Waals surface area (Å²) in [6.45, 7) is 1.49. The van der Waals surface area contributed by atoms with Crippen LogP contribution in [0.2, 0.25) is 0 Å². The van der Waals surface area contributed by atoms with Crippen LogP contribution in [-0.2, 0) is 15.9 Å². The van der Waals surface area contributed by atoms with Gasteiger partial charge in [0, 0.05) is 11.6 Å². The van der Waals surface area contributed by atoms with Gasteiger partial charge >= 0.3 is 0 Å². The number of pyridine rings is 1. The van der Waals surface area contributed by atoms with Gasteiger partial charge in [-0.05, 0) is 12.5 Å². The molecule has 0 radical (unpaired) electrons. The van der Waals surface area contributed by atoms with Crippen LogP contribution in [0.5, 0.6) is 11.8 Å². The summed E-state index contributed by atoms with van der Waals surface area (Å²) >= 11 is 0. The highest BCUT2D eigenvalue weighted by atomic mass is 32.2. The standard InChI is InChI=1S/C7H9NO5S/c1-4-2-6(9)8-7(10)5(4)3-14(11,12)13/h2H,3H2,1H3,(H2,8,9,10)(H,11,12,13). The largest absolute Gasteiger partial charge is 0.493 e. The molecule has 14 heavy (non-hydrogen) atoms. The monoisotopic (exact) mass is 219 g/mol. The molecule has 0 unspecified atom stereocenters. The average Bonchev–Trinajstić information content (AvgIpc) is 1.95. The highest BCUT2D eigenvalue weighted by molar-refractivity contribution is 7.85. The summed E-state index contributed by atoms with van der Waals surface area (Å²) in [5.41, 5.74) is 0.318. The molecule has 3 N–H and O–H groups in total. The Morgan fingerprint density at radius 3 is 2.43 bits per heavy atom. The second-order valence-electron chi connectivity index (χ2n) is 2.83. The van der Waals surface area contributed by atoms with Crippen LogP contribution in [-0.4, -0.2) is 28.2 Å². The van der Waals surface area contributed by atoms with Crippen molar-refractivity contribution >= 4 is 10.1 Å². The van der Waals surface area contributed by atoms with Gasteiger partial charge in [-0.2, -0.15) is 13.4 Å². The van der Waals surface area contributed by atoms with E-state index in [0.29, 0.717) is 5.56 Å². The van der Waals surface area contributed by atoms with Crippen LogP contribution in [0.4, 0.5) is 0 Å². The number of hydrogen-bond donors (Lipinski definition) is 3. The van der Waals surface area contributed by atoms with Crippen molar-refractivity contribution in [1.82, 2.24) is 4.98 Å². The van der Waals surface area contributed by atoms with Crippen LogP contribution in [0, 0.1) is 6.92 Å². The predicted octanol–water partition coefficient (Wildman–Crippen LogP) is 0.189. The second kappa shape index (κ2) is 3.43. The Bertz CT molecular complexity index is 430. The number of hydrogen-bond acceptors (Lipinski definition) is 5. The van der Waals surface area contributed by atoms with Crippen LogP contribution >= 0.6 is 0 Å². The van der Waals surface area contributed by atoms with Gasteiger partial charge < -0.3 is 10.2 Å². The SMILES string of the molecule is Cc1cc(O)nc(O)c1CS(=O)(=O)O. The minimum atomic E-state index is -4.22. The van der Waals surface area contributed by atoms with Crippen molar-refractivity contribution in [2.24, 2.45) is 0 Å². The molecule has 0 spiro atoms. The fourth-order valence-electron chi connectivity index (χ4n) is 1.03.